The molecule has 0 saturated carbocycles. The minimum atomic E-state index is -4.04. The van der Waals surface area contributed by atoms with Crippen molar-refractivity contribution in [3.63, 3.8) is 0 Å². The van der Waals surface area contributed by atoms with Crippen LogP contribution in [0.5, 0.6) is 11.5 Å². The minimum Gasteiger partial charge on any atom is -0.495 e. The number of aryl methyl sites for hydroxylation is 1. The van der Waals surface area contributed by atoms with Crippen LogP contribution in [-0.2, 0) is 16.6 Å². The van der Waals surface area contributed by atoms with Crippen LogP contribution in [0.4, 0.5) is 0 Å². The fourth-order valence-corrected chi connectivity index (χ4v) is 3.57. The Labute approximate surface area is 168 Å². The van der Waals surface area contributed by atoms with E-state index in [1.54, 1.807) is 31.2 Å². The first-order valence-electron chi connectivity index (χ1n) is 8.62. The predicted octanol–water partition coefficient (Wildman–Crippen LogP) is 2.80. The zero-order valence-electron chi connectivity index (χ0n) is 15.8. The van der Waals surface area contributed by atoms with Crippen LogP contribution in [0.25, 0.3) is 0 Å². The van der Waals surface area contributed by atoms with Gasteiger partial charge in [0.05, 0.1) is 7.11 Å². The molecule has 1 aromatic heterocycles. The largest absolute Gasteiger partial charge is 0.495 e. The maximum Gasteiger partial charge on any atom is 0.301 e. The number of hydrazine groups is 1. The molecule has 2 N–H and O–H groups in total. The van der Waals surface area contributed by atoms with Gasteiger partial charge in [-0.25, -0.2) is 8.42 Å². The van der Waals surface area contributed by atoms with Gasteiger partial charge in [-0.15, -0.1) is 4.83 Å². The van der Waals surface area contributed by atoms with Crippen LogP contribution in [0.3, 0.4) is 0 Å². The number of para-hydroxylation sites is 1. The maximum atomic E-state index is 12.5. The van der Waals surface area contributed by atoms with Crippen molar-refractivity contribution in [2.75, 3.05) is 7.11 Å². The molecule has 0 unspecified atom stereocenters. The number of ether oxygens (including phenoxy) is 2. The Kier molecular flexibility index (Phi) is 6.20. The lowest BCUT2D eigenvalue weighted by molar-refractivity contribution is 0.0913. The first-order chi connectivity index (χ1) is 13.9. The summed E-state index contributed by atoms with van der Waals surface area (Å²) in [6, 6.07) is 16.9. The molecule has 0 spiro atoms. The van der Waals surface area contributed by atoms with Crippen molar-refractivity contribution in [2.24, 2.45) is 0 Å². The Morgan fingerprint density at radius 3 is 2.55 bits per heavy atom. The molecule has 1 amide bonds. The highest BCUT2D eigenvalue weighted by molar-refractivity contribution is 7.89. The highest BCUT2D eigenvalue weighted by atomic mass is 32.2. The molecule has 0 radical (unpaired) electrons. The zero-order chi connectivity index (χ0) is 20.9. The Balaban J connectivity index is 1.62. The lowest BCUT2D eigenvalue weighted by Gasteiger charge is -2.11. The van der Waals surface area contributed by atoms with E-state index >= 15 is 0 Å². The Hall–Kier alpha value is -3.30. The van der Waals surface area contributed by atoms with Crippen LogP contribution in [0.15, 0.2) is 70.0 Å². The van der Waals surface area contributed by atoms with Crippen molar-refractivity contribution < 1.29 is 27.1 Å². The summed E-state index contributed by atoms with van der Waals surface area (Å²) in [4.78, 5) is 14.2. The molecule has 0 saturated heterocycles. The van der Waals surface area contributed by atoms with E-state index in [4.69, 9.17) is 13.9 Å². The van der Waals surface area contributed by atoms with Gasteiger partial charge in [-0.05, 0) is 48.9 Å². The van der Waals surface area contributed by atoms with Gasteiger partial charge in [0.2, 0.25) is 0 Å². The molecule has 8 nitrogen and oxygen atoms in total. The molecule has 1 heterocycles. The molecule has 0 aliphatic heterocycles. The van der Waals surface area contributed by atoms with Crippen molar-refractivity contribution in [1.29, 1.82) is 0 Å². The molecule has 0 atom stereocenters. The second-order valence-electron chi connectivity index (χ2n) is 6.08. The number of nitrogens with one attached hydrogen (secondary N) is 2. The van der Waals surface area contributed by atoms with E-state index in [0.29, 0.717) is 11.5 Å². The number of sulfonamides is 1. The van der Waals surface area contributed by atoms with E-state index in [1.165, 1.54) is 25.3 Å². The number of hydrogen-bond acceptors (Lipinski definition) is 6. The van der Waals surface area contributed by atoms with Gasteiger partial charge < -0.3 is 13.9 Å². The van der Waals surface area contributed by atoms with Crippen LogP contribution < -0.4 is 19.7 Å². The van der Waals surface area contributed by atoms with Crippen LogP contribution in [0.1, 0.15) is 21.9 Å². The van der Waals surface area contributed by atoms with Crippen molar-refractivity contribution in [3.05, 3.63) is 77.7 Å². The third-order valence-electron chi connectivity index (χ3n) is 3.92. The SMILES string of the molecule is COc1ccc(C)cc1S(=O)(=O)NNC(=O)c1ccc(COc2ccccc2)o1. The van der Waals surface area contributed by atoms with Crippen LogP contribution in [0, 0.1) is 6.92 Å². The standard InChI is InChI=1S/C20H20N2O6S/c1-14-8-10-17(26-2)19(12-14)29(24,25)22-21-20(23)18-11-9-16(28-18)13-27-15-6-4-3-5-7-15/h3-12,22H,13H2,1-2H3,(H,21,23). The Morgan fingerprint density at radius 2 is 1.83 bits per heavy atom. The highest BCUT2D eigenvalue weighted by Crippen LogP contribution is 2.24. The number of methoxy groups -OCH3 is 1. The van der Waals surface area contributed by atoms with Gasteiger partial charge in [-0.2, -0.15) is 0 Å². The summed E-state index contributed by atoms with van der Waals surface area (Å²) in [6.45, 7) is 1.88. The molecular weight excluding hydrogens is 396 g/mol. The summed E-state index contributed by atoms with van der Waals surface area (Å²) in [5, 5.41) is 0. The zero-order valence-corrected chi connectivity index (χ0v) is 16.7. The highest BCUT2D eigenvalue weighted by Gasteiger charge is 2.21. The number of rotatable bonds is 8. The normalized spacial score (nSPS) is 11.1. The summed E-state index contributed by atoms with van der Waals surface area (Å²) >= 11 is 0. The fraction of sp³-hybridized carbons (Fsp3) is 0.150. The average molecular weight is 416 g/mol. The number of amides is 1. The van der Waals surface area contributed by atoms with Crippen LogP contribution in [0.2, 0.25) is 0 Å². The molecule has 0 aliphatic carbocycles. The second kappa shape index (κ2) is 8.80. The van der Waals surface area contributed by atoms with Gasteiger partial charge >= 0.3 is 5.91 Å². The van der Waals surface area contributed by atoms with Crippen LogP contribution in [-0.4, -0.2) is 21.4 Å². The van der Waals surface area contributed by atoms with Crippen molar-refractivity contribution in [2.45, 2.75) is 18.4 Å². The van der Waals surface area contributed by atoms with Crippen LogP contribution >= 0.6 is 0 Å². The lowest BCUT2D eigenvalue weighted by Crippen LogP contribution is -2.41. The Bertz CT molecular complexity index is 1090. The van der Waals surface area contributed by atoms with E-state index in [2.05, 4.69) is 5.43 Å². The molecule has 9 heteroatoms. The van der Waals surface area contributed by atoms with E-state index in [0.717, 1.165) is 5.56 Å². The third kappa shape index (κ3) is 5.15. The van der Waals surface area contributed by atoms with Gasteiger partial charge in [-0.1, -0.05) is 24.3 Å². The smallest absolute Gasteiger partial charge is 0.301 e. The van der Waals surface area contributed by atoms with Crippen molar-refractivity contribution >= 4 is 15.9 Å². The summed E-state index contributed by atoms with van der Waals surface area (Å²) in [5.41, 5.74) is 2.86. The number of benzene rings is 2. The number of carbonyl (C=O) groups is 1. The third-order valence-corrected chi connectivity index (χ3v) is 5.19. The van der Waals surface area contributed by atoms with Gasteiger partial charge in [0.15, 0.2) is 5.76 Å². The van der Waals surface area contributed by atoms with Gasteiger partial charge in [0.25, 0.3) is 10.0 Å². The topological polar surface area (TPSA) is 107 Å². The molecular formula is C20H20N2O6S. The van der Waals surface area contributed by atoms with E-state index in [-0.39, 0.29) is 23.0 Å². The van der Waals surface area contributed by atoms with Gasteiger partial charge in [0.1, 0.15) is 28.8 Å². The van der Waals surface area contributed by atoms with E-state index in [1.807, 2.05) is 23.0 Å². The molecule has 29 heavy (non-hydrogen) atoms. The molecule has 3 aromatic rings. The fourth-order valence-electron chi connectivity index (χ4n) is 2.47. The van der Waals surface area contributed by atoms with Crippen molar-refractivity contribution in [1.82, 2.24) is 10.3 Å². The summed E-state index contributed by atoms with van der Waals surface area (Å²) in [6.07, 6.45) is 0. The molecule has 3 rings (SSSR count). The minimum absolute atomic E-state index is 0.0597. The van der Waals surface area contributed by atoms with Gasteiger partial charge in [0, 0.05) is 0 Å². The van der Waals surface area contributed by atoms with E-state index in [9.17, 15) is 13.2 Å². The monoisotopic (exact) mass is 416 g/mol. The number of furan rings is 1. The molecule has 152 valence electrons. The summed E-state index contributed by atoms with van der Waals surface area (Å²) in [7, 11) is -2.68. The van der Waals surface area contributed by atoms with Gasteiger partial charge in [-0.3, -0.25) is 10.2 Å². The number of hydrogen-bond donors (Lipinski definition) is 2. The van der Waals surface area contributed by atoms with Crippen molar-refractivity contribution in [3.8, 4) is 11.5 Å². The predicted molar refractivity (Wildman–Crippen MR) is 105 cm³/mol. The van der Waals surface area contributed by atoms with E-state index < -0.39 is 15.9 Å². The molecule has 2 aromatic carbocycles. The number of carbonyl (C=O) groups excluding carboxylic acids is 1. The quantitative estimate of drug-likeness (QED) is 0.547. The molecule has 0 bridgehead atoms. The lowest BCUT2D eigenvalue weighted by atomic mass is 10.2. The average Bonchev–Trinajstić information content (AvgIpc) is 3.20. The first kappa shape index (κ1) is 20.4. The summed E-state index contributed by atoms with van der Waals surface area (Å²) in [5.74, 6) is 0.439. The molecule has 0 aliphatic rings. The molecule has 0 fully saturated rings. The summed E-state index contributed by atoms with van der Waals surface area (Å²) < 4.78 is 41.0. The first-order valence-corrected chi connectivity index (χ1v) is 10.1. The maximum absolute atomic E-state index is 12.5. The Morgan fingerprint density at radius 1 is 1.07 bits per heavy atom. The second-order valence-corrected chi connectivity index (χ2v) is 7.73.